The summed E-state index contributed by atoms with van der Waals surface area (Å²) in [5, 5.41) is 10.2. The van der Waals surface area contributed by atoms with Gasteiger partial charge in [0.25, 0.3) is 0 Å². The highest BCUT2D eigenvalue weighted by Gasteiger charge is 2.33. The maximum absolute atomic E-state index is 10.2. The van der Waals surface area contributed by atoms with Gasteiger partial charge in [0.05, 0.1) is 6.10 Å². The second kappa shape index (κ2) is 3.64. The highest BCUT2D eigenvalue weighted by Crippen LogP contribution is 2.42. The summed E-state index contributed by atoms with van der Waals surface area (Å²) in [6.45, 7) is 0. The average Bonchev–Trinajstić information content (AvgIpc) is 2.51. The fourth-order valence-electron chi connectivity index (χ4n) is 3.03. The monoisotopic (exact) mass is 202 g/mol. The van der Waals surface area contributed by atoms with E-state index in [-0.39, 0.29) is 6.10 Å². The van der Waals surface area contributed by atoms with Gasteiger partial charge < -0.3 is 5.11 Å². The predicted molar refractivity (Wildman–Crippen MR) is 60.6 cm³/mol. The molecule has 2 atom stereocenters. The molecule has 2 aliphatic rings. The van der Waals surface area contributed by atoms with Crippen molar-refractivity contribution in [1.82, 2.24) is 0 Å². The predicted octanol–water partition coefficient (Wildman–Crippen LogP) is 3.08. The van der Waals surface area contributed by atoms with Crippen molar-refractivity contribution in [2.24, 2.45) is 11.8 Å². The number of hydrogen-bond acceptors (Lipinski definition) is 1. The van der Waals surface area contributed by atoms with Gasteiger partial charge in [-0.2, -0.15) is 0 Å². The van der Waals surface area contributed by atoms with Gasteiger partial charge in [0.2, 0.25) is 0 Å². The number of aliphatic hydroxyl groups excluding tert-OH is 1. The molecule has 80 valence electrons. The molecule has 2 aliphatic carbocycles. The van der Waals surface area contributed by atoms with Gasteiger partial charge in [-0.05, 0) is 35.8 Å². The molecule has 1 N–H and O–H groups in total. The van der Waals surface area contributed by atoms with Crippen LogP contribution >= 0.6 is 0 Å². The van der Waals surface area contributed by atoms with E-state index in [2.05, 4.69) is 18.2 Å². The Balaban J connectivity index is 1.74. The van der Waals surface area contributed by atoms with E-state index in [4.69, 9.17) is 0 Å². The summed E-state index contributed by atoms with van der Waals surface area (Å²) in [6, 6.07) is 8.37. The molecule has 0 amide bonds. The van der Waals surface area contributed by atoms with E-state index < -0.39 is 0 Å². The lowest BCUT2D eigenvalue weighted by Crippen LogP contribution is -2.18. The van der Waals surface area contributed by atoms with Gasteiger partial charge >= 0.3 is 0 Å². The summed E-state index contributed by atoms with van der Waals surface area (Å²) < 4.78 is 0. The lowest BCUT2D eigenvalue weighted by Gasteiger charge is -2.29. The molecule has 0 aliphatic heterocycles. The molecule has 0 bridgehead atoms. The molecular weight excluding hydrogens is 184 g/mol. The smallest absolute Gasteiger partial charge is 0.0824 e. The Kier molecular flexibility index (Phi) is 2.28. The van der Waals surface area contributed by atoms with Crippen LogP contribution in [0, 0.1) is 11.8 Å². The van der Waals surface area contributed by atoms with Gasteiger partial charge in [0.1, 0.15) is 0 Å². The molecule has 0 heterocycles. The van der Waals surface area contributed by atoms with Crippen LogP contribution in [0.2, 0.25) is 0 Å². The van der Waals surface area contributed by atoms with Crippen molar-refractivity contribution >= 4 is 0 Å². The van der Waals surface area contributed by atoms with Gasteiger partial charge in [-0.25, -0.2) is 0 Å². The molecule has 1 heteroatoms. The second-order valence-corrected chi connectivity index (χ2v) is 5.14. The first-order valence-electron chi connectivity index (χ1n) is 6.10. The second-order valence-electron chi connectivity index (χ2n) is 5.14. The zero-order valence-electron chi connectivity index (χ0n) is 9.02. The molecule has 1 aromatic carbocycles. The minimum Gasteiger partial charge on any atom is -0.388 e. The van der Waals surface area contributed by atoms with Crippen LogP contribution < -0.4 is 0 Å². The number of benzene rings is 1. The highest BCUT2D eigenvalue weighted by molar-refractivity contribution is 5.34. The summed E-state index contributed by atoms with van der Waals surface area (Å²) in [5.74, 6) is 1.40. The van der Waals surface area contributed by atoms with Crippen LogP contribution in [-0.2, 0) is 6.42 Å². The summed E-state index contributed by atoms with van der Waals surface area (Å²) >= 11 is 0. The van der Waals surface area contributed by atoms with Crippen molar-refractivity contribution in [3.05, 3.63) is 35.4 Å². The molecule has 1 fully saturated rings. The van der Waals surface area contributed by atoms with Crippen LogP contribution in [0.15, 0.2) is 24.3 Å². The Morgan fingerprint density at radius 3 is 2.67 bits per heavy atom. The normalized spacial score (nSPS) is 29.9. The van der Waals surface area contributed by atoms with Crippen molar-refractivity contribution in [1.29, 1.82) is 0 Å². The van der Waals surface area contributed by atoms with Crippen LogP contribution in [0.1, 0.15) is 42.9 Å². The van der Waals surface area contributed by atoms with Crippen LogP contribution in [0.3, 0.4) is 0 Å². The quantitative estimate of drug-likeness (QED) is 0.781. The molecule has 0 spiro atoms. The lowest BCUT2D eigenvalue weighted by atomic mass is 9.78. The fourth-order valence-corrected chi connectivity index (χ4v) is 3.03. The Morgan fingerprint density at radius 1 is 1.20 bits per heavy atom. The van der Waals surface area contributed by atoms with Gasteiger partial charge in [0, 0.05) is 0 Å². The summed E-state index contributed by atoms with van der Waals surface area (Å²) in [4.78, 5) is 0. The third kappa shape index (κ3) is 1.59. The molecule has 1 nitrogen and oxygen atoms in total. The van der Waals surface area contributed by atoms with Crippen molar-refractivity contribution in [3.63, 3.8) is 0 Å². The molecule has 1 aromatic rings. The van der Waals surface area contributed by atoms with Crippen LogP contribution in [0.25, 0.3) is 0 Å². The van der Waals surface area contributed by atoms with E-state index in [0.29, 0.717) is 5.92 Å². The number of aliphatic hydroxyl groups is 1. The van der Waals surface area contributed by atoms with Crippen molar-refractivity contribution in [3.8, 4) is 0 Å². The van der Waals surface area contributed by atoms with Gasteiger partial charge in [-0.1, -0.05) is 43.5 Å². The molecule has 3 rings (SSSR count). The first kappa shape index (κ1) is 9.41. The summed E-state index contributed by atoms with van der Waals surface area (Å²) in [7, 11) is 0. The van der Waals surface area contributed by atoms with Crippen LogP contribution in [-0.4, -0.2) is 5.11 Å². The number of rotatable bonds is 2. The van der Waals surface area contributed by atoms with E-state index in [1.165, 1.54) is 36.8 Å². The van der Waals surface area contributed by atoms with E-state index in [9.17, 15) is 5.11 Å². The topological polar surface area (TPSA) is 20.2 Å². The molecule has 0 saturated heterocycles. The van der Waals surface area contributed by atoms with Gasteiger partial charge in [-0.3, -0.25) is 0 Å². The van der Waals surface area contributed by atoms with Crippen molar-refractivity contribution in [2.75, 3.05) is 0 Å². The Labute approximate surface area is 91.1 Å². The highest BCUT2D eigenvalue weighted by atomic mass is 16.3. The molecule has 0 aromatic heterocycles. The molecule has 1 saturated carbocycles. The summed E-state index contributed by atoms with van der Waals surface area (Å²) in [6.07, 6.45) is 6.31. The SMILES string of the molecule is OC1c2ccccc2CC1CC1CCC1. The number of fused-ring (bicyclic) bond motifs is 1. The minimum absolute atomic E-state index is 0.193. The van der Waals surface area contributed by atoms with Crippen molar-refractivity contribution in [2.45, 2.75) is 38.2 Å². The zero-order chi connectivity index (χ0) is 10.3. The largest absolute Gasteiger partial charge is 0.388 e. The first-order chi connectivity index (χ1) is 7.34. The van der Waals surface area contributed by atoms with Gasteiger partial charge in [0.15, 0.2) is 0 Å². The van der Waals surface area contributed by atoms with Gasteiger partial charge in [-0.15, -0.1) is 0 Å². The Bertz CT molecular complexity index is 354. The minimum atomic E-state index is -0.193. The van der Waals surface area contributed by atoms with Crippen LogP contribution in [0.5, 0.6) is 0 Å². The molecule has 15 heavy (non-hydrogen) atoms. The van der Waals surface area contributed by atoms with E-state index in [0.717, 1.165) is 12.3 Å². The standard InChI is InChI=1S/C14H18O/c15-14-12(8-10-4-3-5-10)9-11-6-1-2-7-13(11)14/h1-2,6-7,10,12,14-15H,3-5,8-9H2. The van der Waals surface area contributed by atoms with E-state index >= 15 is 0 Å². The maximum Gasteiger partial charge on any atom is 0.0824 e. The molecular formula is C14H18O. The Morgan fingerprint density at radius 2 is 2.00 bits per heavy atom. The third-order valence-electron chi connectivity index (χ3n) is 4.16. The molecule has 0 radical (unpaired) electrons. The third-order valence-corrected chi connectivity index (χ3v) is 4.16. The molecule has 2 unspecified atom stereocenters. The zero-order valence-corrected chi connectivity index (χ0v) is 9.02. The fraction of sp³-hybridized carbons (Fsp3) is 0.571. The number of hydrogen-bond donors (Lipinski definition) is 1. The van der Waals surface area contributed by atoms with E-state index in [1.807, 2.05) is 6.07 Å². The van der Waals surface area contributed by atoms with Crippen LogP contribution in [0.4, 0.5) is 0 Å². The average molecular weight is 202 g/mol. The first-order valence-corrected chi connectivity index (χ1v) is 6.10. The Hall–Kier alpha value is -0.820. The summed E-state index contributed by atoms with van der Waals surface area (Å²) in [5.41, 5.74) is 2.55. The lowest BCUT2D eigenvalue weighted by molar-refractivity contribution is 0.0945. The maximum atomic E-state index is 10.2. The van der Waals surface area contributed by atoms with E-state index in [1.54, 1.807) is 0 Å². The van der Waals surface area contributed by atoms with Crippen molar-refractivity contribution < 1.29 is 5.11 Å².